The van der Waals surface area contributed by atoms with Crippen LogP contribution in [-0.2, 0) is 6.54 Å². The molecule has 1 aromatic rings. The molecule has 106 valence electrons. The van der Waals surface area contributed by atoms with E-state index in [9.17, 15) is 4.39 Å². The molecule has 1 aliphatic rings. The number of hydrogen-bond acceptors (Lipinski definition) is 2. The summed E-state index contributed by atoms with van der Waals surface area (Å²) >= 11 is 0. The molecule has 1 fully saturated rings. The summed E-state index contributed by atoms with van der Waals surface area (Å²) < 4.78 is 14.2. The van der Waals surface area contributed by atoms with Crippen molar-refractivity contribution >= 4 is 0 Å². The van der Waals surface area contributed by atoms with Crippen LogP contribution in [0, 0.1) is 0 Å². The van der Waals surface area contributed by atoms with E-state index in [1.807, 2.05) is 18.2 Å². The van der Waals surface area contributed by atoms with Gasteiger partial charge < -0.3 is 5.32 Å². The van der Waals surface area contributed by atoms with E-state index in [4.69, 9.17) is 0 Å². The SMILES string of the molecule is CC(C)(C)N1CCC(NCc2ccccc2)C(F)C1. The first-order valence-electron chi connectivity index (χ1n) is 7.13. The van der Waals surface area contributed by atoms with Crippen molar-refractivity contribution < 1.29 is 4.39 Å². The third-order valence-electron chi connectivity index (χ3n) is 3.90. The van der Waals surface area contributed by atoms with Gasteiger partial charge in [0, 0.05) is 31.2 Å². The van der Waals surface area contributed by atoms with E-state index >= 15 is 0 Å². The Bertz CT molecular complexity index is 385. The summed E-state index contributed by atoms with van der Waals surface area (Å²) in [5.41, 5.74) is 1.28. The lowest BCUT2D eigenvalue weighted by Gasteiger charge is -2.42. The molecular weight excluding hydrogens is 239 g/mol. The molecule has 2 unspecified atom stereocenters. The minimum absolute atomic E-state index is 0.0150. The average Bonchev–Trinajstić information content (AvgIpc) is 2.37. The molecule has 0 bridgehead atoms. The summed E-state index contributed by atoms with van der Waals surface area (Å²) in [7, 11) is 0. The number of nitrogens with one attached hydrogen (secondary N) is 1. The second-order valence-corrected chi connectivity index (χ2v) is 6.39. The lowest BCUT2D eigenvalue weighted by atomic mass is 9.96. The number of rotatable bonds is 3. The van der Waals surface area contributed by atoms with Gasteiger partial charge in [-0.25, -0.2) is 4.39 Å². The Balaban J connectivity index is 1.84. The second-order valence-electron chi connectivity index (χ2n) is 6.39. The molecular formula is C16H25FN2. The molecule has 0 aliphatic carbocycles. The van der Waals surface area contributed by atoms with Gasteiger partial charge in [0.05, 0.1) is 0 Å². The van der Waals surface area contributed by atoms with Gasteiger partial charge in [-0.3, -0.25) is 4.90 Å². The molecule has 0 spiro atoms. The molecule has 0 aromatic heterocycles. The van der Waals surface area contributed by atoms with Gasteiger partial charge in [-0.1, -0.05) is 30.3 Å². The highest BCUT2D eigenvalue weighted by Crippen LogP contribution is 2.22. The predicted octanol–water partition coefficient (Wildman–Crippen LogP) is 2.99. The maximum atomic E-state index is 14.2. The number of piperidine rings is 1. The van der Waals surface area contributed by atoms with Gasteiger partial charge in [0.25, 0.3) is 0 Å². The maximum absolute atomic E-state index is 14.2. The number of nitrogens with zero attached hydrogens (tertiary/aromatic N) is 1. The quantitative estimate of drug-likeness (QED) is 0.903. The Kier molecular flexibility index (Phi) is 4.58. The van der Waals surface area contributed by atoms with E-state index in [0.29, 0.717) is 6.54 Å². The third-order valence-corrected chi connectivity index (χ3v) is 3.90. The van der Waals surface area contributed by atoms with Crippen LogP contribution in [0.3, 0.4) is 0 Å². The van der Waals surface area contributed by atoms with Crippen molar-refractivity contribution in [3.63, 3.8) is 0 Å². The molecule has 2 atom stereocenters. The van der Waals surface area contributed by atoms with Gasteiger partial charge >= 0.3 is 0 Å². The van der Waals surface area contributed by atoms with E-state index in [0.717, 1.165) is 19.5 Å². The largest absolute Gasteiger partial charge is 0.307 e. The van der Waals surface area contributed by atoms with E-state index in [2.05, 4.69) is 43.1 Å². The highest BCUT2D eigenvalue weighted by atomic mass is 19.1. The van der Waals surface area contributed by atoms with Crippen LogP contribution in [0.5, 0.6) is 0 Å². The maximum Gasteiger partial charge on any atom is 0.128 e. The van der Waals surface area contributed by atoms with Gasteiger partial charge in [0.15, 0.2) is 0 Å². The van der Waals surface area contributed by atoms with Crippen LogP contribution < -0.4 is 5.32 Å². The smallest absolute Gasteiger partial charge is 0.128 e. The van der Waals surface area contributed by atoms with Crippen LogP contribution in [0.15, 0.2) is 30.3 Å². The van der Waals surface area contributed by atoms with Crippen LogP contribution in [-0.4, -0.2) is 35.7 Å². The Morgan fingerprint density at radius 3 is 2.53 bits per heavy atom. The molecule has 0 saturated carbocycles. The minimum Gasteiger partial charge on any atom is -0.307 e. The lowest BCUT2D eigenvalue weighted by Crippen LogP contribution is -2.55. The standard InChI is InChI=1S/C16H25FN2/c1-16(2,3)19-10-9-15(14(17)12-19)18-11-13-7-5-4-6-8-13/h4-8,14-15,18H,9-12H2,1-3H3. The van der Waals surface area contributed by atoms with E-state index in [1.54, 1.807) is 0 Å². The molecule has 0 amide bonds. The number of hydrogen-bond donors (Lipinski definition) is 1. The molecule has 2 rings (SSSR count). The first kappa shape index (κ1) is 14.5. The molecule has 1 heterocycles. The summed E-state index contributed by atoms with van der Waals surface area (Å²) in [5, 5.41) is 3.36. The summed E-state index contributed by atoms with van der Waals surface area (Å²) in [4.78, 5) is 2.23. The fourth-order valence-electron chi connectivity index (χ4n) is 2.59. The fourth-order valence-corrected chi connectivity index (χ4v) is 2.59. The number of benzene rings is 1. The number of likely N-dealkylation sites (tertiary alicyclic amines) is 1. The van der Waals surface area contributed by atoms with Crippen LogP contribution in [0.1, 0.15) is 32.8 Å². The second kappa shape index (κ2) is 6.02. The van der Waals surface area contributed by atoms with Gasteiger partial charge in [0.2, 0.25) is 0 Å². The lowest BCUT2D eigenvalue weighted by molar-refractivity contribution is 0.0414. The van der Waals surface area contributed by atoms with Gasteiger partial charge in [-0.05, 0) is 32.8 Å². The Morgan fingerprint density at radius 2 is 1.95 bits per heavy atom. The zero-order valence-electron chi connectivity index (χ0n) is 12.2. The van der Waals surface area contributed by atoms with Crippen molar-refractivity contribution in [1.29, 1.82) is 0 Å². The van der Waals surface area contributed by atoms with E-state index < -0.39 is 6.17 Å². The minimum atomic E-state index is -0.781. The van der Waals surface area contributed by atoms with Crippen LogP contribution in [0.2, 0.25) is 0 Å². The molecule has 2 nitrogen and oxygen atoms in total. The summed E-state index contributed by atoms with van der Waals surface area (Å²) in [6.07, 6.45) is 0.0994. The normalized spacial score (nSPS) is 25.5. The average molecular weight is 264 g/mol. The van der Waals surface area contributed by atoms with Crippen molar-refractivity contribution in [3.05, 3.63) is 35.9 Å². The Morgan fingerprint density at radius 1 is 1.26 bits per heavy atom. The highest BCUT2D eigenvalue weighted by molar-refractivity contribution is 5.14. The zero-order valence-corrected chi connectivity index (χ0v) is 12.2. The van der Waals surface area contributed by atoms with Crippen LogP contribution in [0.4, 0.5) is 4.39 Å². The van der Waals surface area contributed by atoms with Crippen LogP contribution >= 0.6 is 0 Å². The fraction of sp³-hybridized carbons (Fsp3) is 0.625. The van der Waals surface area contributed by atoms with Crippen LogP contribution in [0.25, 0.3) is 0 Å². The highest BCUT2D eigenvalue weighted by Gasteiger charge is 2.33. The molecule has 19 heavy (non-hydrogen) atoms. The molecule has 1 aliphatic heterocycles. The Labute approximate surface area is 116 Å². The van der Waals surface area contributed by atoms with Gasteiger partial charge in [-0.15, -0.1) is 0 Å². The van der Waals surface area contributed by atoms with Crippen molar-refractivity contribution in [3.8, 4) is 0 Å². The van der Waals surface area contributed by atoms with Crippen molar-refractivity contribution in [2.75, 3.05) is 13.1 Å². The van der Waals surface area contributed by atoms with E-state index in [1.165, 1.54) is 5.56 Å². The molecule has 0 radical (unpaired) electrons. The van der Waals surface area contributed by atoms with Crippen molar-refractivity contribution in [2.24, 2.45) is 0 Å². The first-order chi connectivity index (χ1) is 8.97. The van der Waals surface area contributed by atoms with Gasteiger partial charge in [0.1, 0.15) is 6.17 Å². The molecule has 1 N–H and O–H groups in total. The zero-order chi connectivity index (χ0) is 13.9. The molecule has 1 saturated heterocycles. The topological polar surface area (TPSA) is 15.3 Å². The van der Waals surface area contributed by atoms with Crippen molar-refractivity contribution in [1.82, 2.24) is 10.2 Å². The number of halogens is 1. The first-order valence-corrected chi connectivity index (χ1v) is 7.13. The predicted molar refractivity (Wildman–Crippen MR) is 77.9 cm³/mol. The van der Waals surface area contributed by atoms with Crippen molar-refractivity contribution in [2.45, 2.75) is 51.5 Å². The molecule has 3 heteroatoms. The molecule has 1 aromatic carbocycles. The monoisotopic (exact) mass is 264 g/mol. The summed E-state index contributed by atoms with van der Waals surface area (Å²) in [6, 6.07) is 10.2. The van der Waals surface area contributed by atoms with E-state index in [-0.39, 0.29) is 11.6 Å². The third kappa shape index (κ3) is 4.02. The number of alkyl halides is 1. The van der Waals surface area contributed by atoms with Gasteiger partial charge in [-0.2, -0.15) is 0 Å². The summed E-state index contributed by atoms with van der Waals surface area (Å²) in [6.45, 7) is 8.71. The Hall–Kier alpha value is -0.930. The summed E-state index contributed by atoms with van der Waals surface area (Å²) in [5.74, 6) is 0.